The van der Waals surface area contributed by atoms with E-state index in [0.29, 0.717) is 12.8 Å². The van der Waals surface area contributed by atoms with Crippen molar-refractivity contribution in [3.63, 3.8) is 0 Å². The molecule has 4 nitrogen and oxygen atoms in total. The van der Waals surface area contributed by atoms with E-state index in [1.165, 1.54) is 0 Å². The van der Waals surface area contributed by atoms with E-state index in [9.17, 15) is 9.59 Å². The summed E-state index contributed by atoms with van der Waals surface area (Å²) in [7, 11) is 0. The van der Waals surface area contributed by atoms with Crippen molar-refractivity contribution in [2.75, 3.05) is 0 Å². The van der Waals surface area contributed by atoms with E-state index >= 15 is 0 Å². The molecule has 144 valence electrons. The minimum Gasteiger partial charge on any atom is -0.466 e. The van der Waals surface area contributed by atoms with Crippen molar-refractivity contribution in [3.05, 3.63) is 47.3 Å². The van der Waals surface area contributed by atoms with Crippen LogP contribution in [-0.4, -0.2) is 11.6 Å². The standard InChI is InChI=1S/C23H28O4/c1-14-8-10-18(26-14)16-6-5-7-17(19-11-9-15(2)27-19)23(16)20(24)12-22(3,4)13-21(23)25/h8-11,16-17H,5-7,12-13H2,1-4H3. The molecule has 0 radical (unpaired) electrons. The summed E-state index contributed by atoms with van der Waals surface area (Å²) >= 11 is 0. The highest BCUT2D eigenvalue weighted by Crippen LogP contribution is 2.60. The molecule has 2 aliphatic carbocycles. The highest BCUT2D eigenvalue weighted by Gasteiger charge is 2.63. The monoisotopic (exact) mass is 368 g/mol. The molecule has 0 bridgehead atoms. The van der Waals surface area contributed by atoms with Crippen LogP contribution < -0.4 is 0 Å². The number of furan rings is 2. The third-order valence-corrected chi connectivity index (χ3v) is 6.50. The summed E-state index contributed by atoms with van der Waals surface area (Å²) in [5, 5.41) is 0. The van der Waals surface area contributed by atoms with Crippen molar-refractivity contribution in [2.45, 2.75) is 71.6 Å². The zero-order valence-corrected chi connectivity index (χ0v) is 16.6. The number of carbonyl (C=O) groups is 2. The predicted molar refractivity (Wildman–Crippen MR) is 102 cm³/mol. The van der Waals surface area contributed by atoms with Crippen LogP contribution in [0.25, 0.3) is 0 Å². The Morgan fingerprint density at radius 2 is 1.26 bits per heavy atom. The van der Waals surface area contributed by atoms with Crippen molar-refractivity contribution < 1.29 is 18.4 Å². The van der Waals surface area contributed by atoms with Crippen LogP contribution in [0.5, 0.6) is 0 Å². The van der Waals surface area contributed by atoms with Crippen molar-refractivity contribution in [2.24, 2.45) is 10.8 Å². The molecule has 2 fully saturated rings. The molecule has 0 aromatic carbocycles. The van der Waals surface area contributed by atoms with Gasteiger partial charge >= 0.3 is 0 Å². The molecule has 4 rings (SSSR count). The number of carbonyl (C=O) groups excluding carboxylic acids is 2. The predicted octanol–water partition coefficient (Wildman–Crippen LogP) is 5.49. The van der Waals surface area contributed by atoms with Crippen LogP contribution >= 0.6 is 0 Å². The maximum Gasteiger partial charge on any atom is 0.148 e. The van der Waals surface area contributed by atoms with Gasteiger partial charge in [-0.3, -0.25) is 9.59 Å². The Hall–Kier alpha value is -2.10. The maximum absolute atomic E-state index is 13.7. The lowest BCUT2D eigenvalue weighted by Gasteiger charge is -2.50. The van der Waals surface area contributed by atoms with Crippen LogP contribution in [0.3, 0.4) is 0 Å². The van der Waals surface area contributed by atoms with Gasteiger partial charge in [-0.2, -0.15) is 0 Å². The van der Waals surface area contributed by atoms with Crippen molar-refractivity contribution in [1.29, 1.82) is 0 Å². The molecule has 1 spiro atoms. The number of ketones is 2. The number of aryl methyl sites for hydroxylation is 2. The van der Waals surface area contributed by atoms with E-state index in [4.69, 9.17) is 8.83 Å². The van der Waals surface area contributed by atoms with E-state index in [1.54, 1.807) is 0 Å². The van der Waals surface area contributed by atoms with Crippen LogP contribution in [0.4, 0.5) is 0 Å². The second kappa shape index (κ2) is 6.22. The Bertz CT molecular complexity index is 812. The Labute approximate surface area is 160 Å². The Balaban J connectivity index is 1.89. The first-order valence-corrected chi connectivity index (χ1v) is 9.93. The number of hydrogen-bond acceptors (Lipinski definition) is 4. The molecule has 2 heterocycles. The summed E-state index contributed by atoms with van der Waals surface area (Å²) in [5.41, 5.74) is -1.35. The third-order valence-electron chi connectivity index (χ3n) is 6.50. The Morgan fingerprint density at radius 3 is 1.63 bits per heavy atom. The van der Waals surface area contributed by atoms with Gasteiger partial charge in [-0.15, -0.1) is 0 Å². The van der Waals surface area contributed by atoms with Crippen LogP contribution in [0, 0.1) is 24.7 Å². The van der Waals surface area contributed by atoms with Gasteiger partial charge in [0.1, 0.15) is 40.0 Å². The van der Waals surface area contributed by atoms with Crippen LogP contribution in [0.1, 0.15) is 80.8 Å². The lowest BCUT2D eigenvalue weighted by atomic mass is 9.49. The van der Waals surface area contributed by atoms with Gasteiger partial charge in [-0.1, -0.05) is 20.3 Å². The van der Waals surface area contributed by atoms with Gasteiger partial charge in [0.15, 0.2) is 0 Å². The van der Waals surface area contributed by atoms with Crippen molar-refractivity contribution >= 4 is 11.6 Å². The molecule has 2 aliphatic rings. The van der Waals surface area contributed by atoms with E-state index < -0.39 is 5.41 Å². The van der Waals surface area contributed by atoms with Gasteiger partial charge in [0.05, 0.1) is 0 Å². The van der Waals surface area contributed by atoms with E-state index in [2.05, 4.69) is 0 Å². The van der Waals surface area contributed by atoms with Crippen LogP contribution in [0.15, 0.2) is 33.1 Å². The Kier molecular flexibility index (Phi) is 4.21. The highest BCUT2D eigenvalue weighted by atomic mass is 16.3. The second-order valence-corrected chi connectivity index (χ2v) is 9.17. The quantitative estimate of drug-likeness (QED) is 0.658. The first kappa shape index (κ1) is 18.3. The molecule has 4 heteroatoms. The normalized spacial score (nSPS) is 27.3. The molecule has 2 aromatic rings. The largest absolute Gasteiger partial charge is 0.466 e. The summed E-state index contributed by atoms with van der Waals surface area (Å²) < 4.78 is 11.9. The minimum absolute atomic E-state index is 0.0570. The topological polar surface area (TPSA) is 60.4 Å². The summed E-state index contributed by atoms with van der Waals surface area (Å²) in [6.45, 7) is 7.83. The SMILES string of the molecule is Cc1ccc(C2CCCC(c3ccc(C)o3)C23C(=O)CC(C)(C)CC3=O)o1. The lowest BCUT2D eigenvalue weighted by Crippen LogP contribution is -2.56. The van der Waals surface area contributed by atoms with Crippen molar-refractivity contribution in [1.82, 2.24) is 0 Å². The molecule has 0 N–H and O–H groups in total. The number of hydrogen-bond donors (Lipinski definition) is 0. The Morgan fingerprint density at radius 1 is 0.815 bits per heavy atom. The molecule has 2 saturated carbocycles. The third kappa shape index (κ3) is 2.81. The maximum atomic E-state index is 13.7. The first-order chi connectivity index (χ1) is 12.7. The second-order valence-electron chi connectivity index (χ2n) is 9.17. The molecular weight excluding hydrogens is 340 g/mol. The van der Waals surface area contributed by atoms with Gasteiger partial charge in [0.2, 0.25) is 0 Å². The fourth-order valence-corrected chi connectivity index (χ4v) is 5.40. The smallest absolute Gasteiger partial charge is 0.148 e. The number of rotatable bonds is 2. The zero-order valence-electron chi connectivity index (χ0n) is 16.6. The van der Waals surface area contributed by atoms with E-state index in [0.717, 1.165) is 42.3 Å². The molecule has 27 heavy (non-hydrogen) atoms. The molecule has 0 aliphatic heterocycles. The average Bonchev–Trinajstić information content (AvgIpc) is 3.20. The highest BCUT2D eigenvalue weighted by molar-refractivity contribution is 6.11. The molecule has 2 atom stereocenters. The summed E-state index contributed by atoms with van der Waals surface area (Å²) in [6.07, 6.45) is 3.37. The van der Waals surface area contributed by atoms with E-state index in [-0.39, 0.29) is 28.8 Å². The summed E-state index contributed by atoms with van der Waals surface area (Å²) in [5.74, 6) is 2.84. The van der Waals surface area contributed by atoms with Crippen molar-refractivity contribution in [3.8, 4) is 0 Å². The van der Waals surface area contributed by atoms with Gasteiger partial charge in [0, 0.05) is 24.7 Å². The van der Waals surface area contributed by atoms with Crippen LogP contribution in [0.2, 0.25) is 0 Å². The number of Topliss-reactive ketones (excluding diaryl/α,β-unsaturated/α-hetero) is 2. The first-order valence-electron chi connectivity index (χ1n) is 9.93. The lowest BCUT2D eigenvalue weighted by molar-refractivity contribution is -0.155. The van der Waals surface area contributed by atoms with Crippen LogP contribution in [-0.2, 0) is 9.59 Å². The summed E-state index contributed by atoms with van der Waals surface area (Å²) in [4.78, 5) is 27.3. The molecular formula is C23H28O4. The minimum atomic E-state index is -1.07. The molecule has 0 amide bonds. The van der Waals surface area contributed by atoms with E-state index in [1.807, 2.05) is 52.0 Å². The summed E-state index contributed by atoms with van der Waals surface area (Å²) in [6, 6.07) is 7.73. The molecule has 2 unspecified atom stereocenters. The van der Waals surface area contributed by atoms with Gasteiger partial charge in [0.25, 0.3) is 0 Å². The van der Waals surface area contributed by atoms with Gasteiger partial charge < -0.3 is 8.83 Å². The molecule has 2 aromatic heterocycles. The molecule has 0 saturated heterocycles. The van der Waals surface area contributed by atoms with Gasteiger partial charge in [-0.25, -0.2) is 0 Å². The average molecular weight is 368 g/mol. The fourth-order valence-electron chi connectivity index (χ4n) is 5.40. The zero-order chi connectivity index (χ0) is 19.4. The van der Waals surface area contributed by atoms with Gasteiger partial charge in [-0.05, 0) is 56.4 Å². The fraction of sp³-hybridized carbons (Fsp3) is 0.565.